The second-order valence-corrected chi connectivity index (χ2v) is 6.08. The second kappa shape index (κ2) is 6.42. The number of benzene rings is 1. The molecule has 0 saturated heterocycles. The van der Waals surface area contributed by atoms with Crippen LogP contribution in [0.5, 0.6) is 5.75 Å². The molecule has 0 saturated carbocycles. The molecular weight excluding hydrogens is 266 g/mol. The summed E-state index contributed by atoms with van der Waals surface area (Å²) >= 11 is 1.75. The van der Waals surface area contributed by atoms with E-state index in [0.29, 0.717) is 0 Å². The third kappa shape index (κ3) is 2.89. The first-order valence-corrected chi connectivity index (χ1v) is 7.89. The normalized spacial score (nSPS) is 12.4. The van der Waals surface area contributed by atoms with E-state index in [1.54, 1.807) is 18.4 Å². The number of ether oxygens (including phenoxy) is 1. The van der Waals surface area contributed by atoms with Crippen LogP contribution < -0.4 is 10.1 Å². The van der Waals surface area contributed by atoms with Gasteiger partial charge in [0.1, 0.15) is 5.75 Å². The predicted molar refractivity (Wildman–Crippen MR) is 87.0 cm³/mol. The highest BCUT2D eigenvalue weighted by molar-refractivity contribution is 7.10. The molecule has 1 atom stereocenters. The maximum atomic E-state index is 5.50. The topological polar surface area (TPSA) is 21.3 Å². The van der Waals surface area contributed by atoms with Gasteiger partial charge >= 0.3 is 0 Å². The molecule has 2 rings (SSSR count). The summed E-state index contributed by atoms with van der Waals surface area (Å²) in [5.41, 5.74) is 5.36. The van der Waals surface area contributed by atoms with E-state index >= 15 is 0 Å². The van der Waals surface area contributed by atoms with Gasteiger partial charge in [-0.05, 0) is 61.0 Å². The molecule has 1 aromatic heterocycles. The van der Waals surface area contributed by atoms with Gasteiger partial charge in [-0.15, -0.1) is 11.3 Å². The number of rotatable bonds is 5. The van der Waals surface area contributed by atoms with Crippen LogP contribution in [0.2, 0.25) is 0 Å². The molecule has 108 valence electrons. The van der Waals surface area contributed by atoms with E-state index in [1.165, 1.54) is 27.1 Å². The number of methoxy groups -OCH3 is 1. The van der Waals surface area contributed by atoms with Gasteiger partial charge in [-0.3, -0.25) is 0 Å². The van der Waals surface area contributed by atoms with E-state index in [4.69, 9.17) is 4.74 Å². The van der Waals surface area contributed by atoms with Crippen molar-refractivity contribution in [3.05, 3.63) is 50.7 Å². The lowest BCUT2D eigenvalue weighted by atomic mass is 9.94. The molecular formula is C17H23NOS. The van der Waals surface area contributed by atoms with Gasteiger partial charge in [-0.25, -0.2) is 0 Å². The van der Waals surface area contributed by atoms with Gasteiger partial charge in [0, 0.05) is 0 Å². The highest BCUT2D eigenvalue weighted by Crippen LogP contribution is 2.36. The number of aryl methyl sites for hydroxylation is 3. The SMILES string of the molecule is CCNC(c1cc(C)c(C)cc1C)c1sccc1OC. The Bertz CT molecular complexity index is 589. The van der Waals surface area contributed by atoms with Crippen LogP contribution in [0.3, 0.4) is 0 Å². The summed E-state index contributed by atoms with van der Waals surface area (Å²) in [6.07, 6.45) is 0. The number of thiophene rings is 1. The van der Waals surface area contributed by atoms with Gasteiger partial charge in [-0.1, -0.05) is 19.1 Å². The summed E-state index contributed by atoms with van der Waals surface area (Å²) in [7, 11) is 1.74. The summed E-state index contributed by atoms with van der Waals surface area (Å²) in [6.45, 7) is 9.60. The molecule has 1 N–H and O–H groups in total. The van der Waals surface area contributed by atoms with Crippen molar-refractivity contribution in [3.8, 4) is 5.75 Å². The van der Waals surface area contributed by atoms with E-state index in [1.807, 2.05) is 6.07 Å². The molecule has 3 heteroatoms. The smallest absolute Gasteiger partial charge is 0.134 e. The maximum Gasteiger partial charge on any atom is 0.134 e. The molecule has 0 radical (unpaired) electrons. The Morgan fingerprint density at radius 1 is 1.15 bits per heavy atom. The Balaban J connectivity index is 2.51. The largest absolute Gasteiger partial charge is 0.496 e. The van der Waals surface area contributed by atoms with E-state index in [2.05, 4.69) is 50.5 Å². The number of nitrogens with one attached hydrogen (secondary N) is 1. The van der Waals surface area contributed by atoms with Crippen LogP contribution in [0.1, 0.15) is 40.1 Å². The monoisotopic (exact) mass is 289 g/mol. The van der Waals surface area contributed by atoms with E-state index < -0.39 is 0 Å². The molecule has 2 aromatic rings. The zero-order valence-electron chi connectivity index (χ0n) is 12.9. The molecule has 1 aromatic carbocycles. The third-order valence-electron chi connectivity index (χ3n) is 3.74. The molecule has 0 spiro atoms. The molecule has 0 aliphatic rings. The first-order valence-electron chi connectivity index (χ1n) is 7.01. The molecule has 1 heterocycles. The summed E-state index contributed by atoms with van der Waals surface area (Å²) < 4.78 is 5.50. The van der Waals surface area contributed by atoms with Gasteiger partial charge in [0.05, 0.1) is 18.0 Å². The van der Waals surface area contributed by atoms with Crippen molar-refractivity contribution in [2.45, 2.75) is 33.7 Å². The molecule has 0 bridgehead atoms. The van der Waals surface area contributed by atoms with Crippen LogP contribution in [0.25, 0.3) is 0 Å². The molecule has 0 aliphatic carbocycles. The summed E-state index contributed by atoms with van der Waals surface area (Å²) in [4.78, 5) is 1.25. The van der Waals surface area contributed by atoms with Gasteiger partial charge in [-0.2, -0.15) is 0 Å². The van der Waals surface area contributed by atoms with Crippen molar-refractivity contribution in [1.29, 1.82) is 0 Å². The third-order valence-corrected chi connectivity index (χ3v) is 4.70. The quantitative estimate of drug-likeness (QED) is 0.882. The Morgan fingerprint density at radius 3 is 2.50 bits per heavy atom. The lowest BCUT2D eigenvalue weighted by Crippen LogP contribution is -2.22. The fourth-order valence-electron chi connectivity index (χ4n) is 2.53. The van der Waals surface area contributed by atoms with Crippen LogP contribution >= 0.6 is 11.3 Å². The van der Waals surface area contributed by atoms with E-state index in [9.17, 15) is 0 Å². The minimum absolute atomic E-state index is 0.203. The van der Waals surface area contributed by atoms with Crippen molar-refractivity contribution in [2.24, 2.45) is 0 Å². The zero-order valence-corrected chi connectivity index (χ0v) is 13.7. The number of hydrogen-bond acceptors (Lipinski definition) is 3. The van der Waals surface area contributed by atoms with Crippen LogP contribution in [0.15, 0.2) is 23.6 Å². The van der Waals surface area contributed by atoms with Crippen LogP contribution in [0, 0.1) is 20.8 Å². The minimum Gasteiger partial charge on any atom is -0.496 e. The van der Waals surface area contributed by atoms with Crippen LogP contribution in [-0.4, -0.2) is 13.7 Å². The fourth-order valence-corrected chi connectivity index (χ4v) is 3.48. The van der Waals surface area contributed by atoms with Crippen molar-refractivity contribution in [3.63, 3.8) is 0 Å². The highest BCUT2D eigenvalue weighted by Gasteiger charge is 2.21. The minimum atomic E-state index is 0.203. The summed E-state index contributed by atoms with van der Waals surface area (Å²) in [5.74, 6) is 0.971. The molecule has 0 fully saturated rings. The Hall–Kier alpha value is -1.32. The van der Waals surface area contributed by atoms with Crippen molar-refractivity contribution < 1.29 is 4.74 Å². The van der Waals surface area contributed by atoms with Crippen molar-refractivity contribution in [1.82, 2.24) is 5.32 Å². The van der Waals surface area contributed by atoms with Crippen LogP contribution in [-0.2, 0) is 0 Å². The second-order valence-electron chi connectivity index (χ2n) is 5.14. The van der Waals surface area contributed by atoms with E-state index in [-0.39, 0.29) is 6.04 Å². The Kier molecular flexibility index (Phi) is 4.84. The molecule has 0 amide bonds. The van der Waals surface area contributed by atoms with Crippen LogP contribution in [0.4, 0.5) is 0 Å². The zero-order chi connectivity index (χ0) is 14.7. The first-order chi connectivity index (χ1) is 9.58. The molecule has 2 nitrogen and oxygen atoms in total. The summed E-state index contributed by atoms with van der Waals surface area (Å²) in [6, 6.07) is 6.82. The average Bonchev–Trinajstić information content (AvgIpc) is 2.88. The standard InChI is InChI=1S/C17H23NOS/c1-6-18-16(17-15(19-5)7-8-20-17)14-10-12(3)11(2)9-13(14)4/h7-10,16,18H,6H2,1-5H3. The van der Waals surface area contributed by atoms with Crippen molar-refractivity contribution in [2.75, 3.05) is 13.7 Å². The average molecular weight is 289 g/mol. The van der Waals surface area contributed by atoms with Gasteiger partial charge in [0.15, 0.2) is 0 Å². The predicted octanol–water partition coefficient (Wildman–Crippen LogP) is 4.38. The van der Waals surface area contributed by atoms with Crippen molar-refractivity contribution >= 4 is 11.3 Å². The molecule has 0 aliphatic heterocycles. The fraction of sp³-hybridized carbons (Fsp3) is 0.412. The van der Waals surface area contributed by atoms with Gasteiger partial charge in [0.2, 0.25) is 0 Å². The lowest BCUT2D eigenvalue weighted by Gasteiger charge is -2.21. The number of hydrogen-bond donors (Lipinski definition) is 1. The molecule has 1 unspecified atom stereocenters. The first kappa shape index (κ1) is 15.1. The summed E-state index contributed by atoms with van der Waals surface area (Å²) in [5, 5.41) is 5.69. The van der Waals surface area contributed by atoms with Gasteiger partial charge in [0.25, 0.3) is 0 Å². The highest BCUT2D eigenvalue weighted by atomic mass is 32.1. The Labute approximate surface area is 125 Å². The van der Waals surface area contributed by atoms with Gasteiger partial charge < -0.3 is 10.1 Å². The molecule has 20 heavy (non-hydrogen) atoms. The maximum absolute atomic E-state index is 5.50. The lowest BCUT2D eigenvalue weighted by molar-refractivity contribution is 0.407. The Morgan fingerprint density at radius 2 is 1.85 bits per heavy atom. The van der Waals surface area contributed by atoms with E-state index in [0.717, 1.165) is 12.3 Å².